The molecule has 4 atom stereocenters. The molecule has 0 spiro atoms. The fourth-order valence-electron chi connectivity index (χ4n) is 3.34. The van der Waals surface area contributed by atoms with Crippen molar-refractivity contribution in [2.24, 2.45) is 23.7 Å². The lowest BCUT2D eigenvalue weighted by atomic mass is 9.86. The molecule has 92 valence electrons. The normalized spacial score (nSPS) is 34.4. The SMILES string of the molecule is CC(C)C(C)NC(=O)CC1CC2CCC1C2. The highest BCUT2D eigenvalue weighted by molar-refractivity contribution is 5.76. The van der Waals surface area contributed by atoms with E-state index >= 15 is 0 Å². The Labute approximate surface area is 99.2 Å². The zero-order valence-electron chi connectivity index (χ0n) is 10.8. The van der Waals surface area contributed by atoms with Crippen LogP contribution in [0.1, 0.15) is 52.9 Å². The van der Waals surface area contributed by atoms with Gasteiger partial charge in [0.25, 0.3) is 0 Å². The van der Waals surface area contributed by atoms with Gasteiger partial charge in [0.15, 0.2) is 0 Å². The van der Waals surface area contributed by atoms with E-state index in [9.17, 15) is 4.79 Å². The summed E-state index contributed by atoms with van der Waals surface area (Å²) in [5.74, 6) is 3.32. The van der Waals surface area contributed by atoms with Gasteiger partial charge in [0.1, 0.15) is 0 Å². The van der Waals surface area contributed by atoms with Crippen molar-refractivity contribution in [3.63, 3.8) is 0 Å². The lowest BCUT2D eigenvalue weighted by molar-refractivity contribution is -0.123. The van der Waals surface area contributed by atoms with Gasteiger partial charge in [-0.2, -0.15) is 0 Å². The maximum Gasteiger partial charge on any atom is 0.220 e. The Hall–Kier alpha value is -0.530. The van der Waals surface area contributed by atoms with Gasteiger partial charge < -0.3 is 5.32 Å². The van der Waals surface area contributed by atoms with Crippen LogP contribution >= 0.6 is 0 Å². The monoisotopic (exact) mass is 223 g/mol. The van der Waals surface area contributed by atoms with Crippen LogP contribution < -0.4 is 5.32 Å². The smallest absolute Gasteiger partial charge is 0.220 e. The largest absolute Gasteiger partial charge is 0.353 e. The minimum Gasteiger partial charge on any atom is -0.353 e. The van der Waals surface area contributed by atoms with E-state index in [1.165, 1.54) is 25.7 Å². The first-order valence-electron chi connectivity index (χ1n) is 6.85. The third-order valence-electron chi connectivity index (χ3n) is 4.72. The molecule has 0 heterocycles. The lowest BCUT2D eigenvalue weighted by Gasteiger charge is -2.23. The first-order chi connectivity index (χ1) is 7.56. The fourth-order valence-corrected chi connectivity index (χ4v) is 3.34. The van der Waals surface area contributed by atoms with Gasteiger partial charge >= 0.3 is 0 Å². The molecule has 4 unspecified atom stereocenters. The van der Waals surface area contributed by atoms with Crippen molar-refractivity contribution in [2.75, 3.05) is 0 Å². The van der Waals surface area contributed by atoms with Crippen molar-refractivity contribution in [3.05, 3.63) is 0 Å². The van der Waals surface area contributed by atoms with Crippen LogP contribution in [0.4, 0.5) is 0 Å². The summed E-state index contributed by atoms with van der Waals surface area (Å²) in [5.41, 5.74) is 0. The van der Waals surface area contributed by atoms with Gasteiger partial charge in [-0.1, -0.05) is 20.3 Å². The zero-order valence-corrected chi connectivity index (χ0v) is 10.8. The van der Waals surface area contributed by atoms with Crippen LogP contribution in [0, 0.1) is 23.7 Å². The van der Waals surface area contributed by atoms with Crippen LogP contribution in [0.25, 0.3) is 0 Å². The molecule has 0 aromatic carbocycles. The number of amides is 1. The van der Waals surface area contributed by atoms with Crippen molar-refractivity contribution >= 4 is 5.91 Å². The summed E-state index contributed by atoms with van der Waals surface area (Å²) in [6.07, 6.45) is 6.29. The summed E-state index contributed by atoms with van der Waals surface area (Å²) in [6.45, 7) is 6.41. The minimum atomic E-state index is 0.277. The summed E-state index contributed by atoms with van der Waals surface area (Å²) < 4.78 is 0. The van der Waals surface area contributed by atoms with Crippen molar-refractivity contribution in [3.8, 4) is 0 Å². The Morgan fingerprint density at radius 3 is 2.50 bits per heavy atom. The summed E-state index contributed by atoms with van der Waals surface area (Å²) in [7, 11) is 0. The summed E-state index contributed by atoms with van der Waals surface area (Å²) in [4.78, 5) is 11.9. The van der Waals surface area contributed by atoms with Gasteiger partial charge in [-0.25, -0.2) is 0 Å². The molecule has 0 aliphatic heterocycles. The summed E-state index contributed by atoms with van der Waals surface area (Å²) >= 11 is 0. The Kier molecular flexibility index (Phi) is 3.56. The molecule has 2 fully saturated rings. The van der Waals surface area contributed by atoms with Crippen molar-refractivity contribution < 1.29 is 4.79 Å². The van der Waals surface area contributed by atoms with Gasteiger partial charge in [0, 0.05) is 12.5 Å². The third kappa shape index (κ3) is 2.58. The van der Waals surface area contributed by atoms with Crippen molar-refractivity contribution in [1.29, 1.82) is 0 Å². The fraction of sp³-hybridized carbons (Fsp3) is 0.929. The molecule has 2 aliphatic carbocycles. The van der Waals surface area contributed by atoms with Gasteiger partial charge in [-0.05, 0) is 49.9 Å². The number of nitrogens with one attached hydrogen (secondary N) is 1. The maximum atomic E-state index is 11.9. The van der Waals surface area contributed by atoms with E-state index in [-0.39, 0.29) is 5.91 Å². The molecule has 2 nitrogen and oxygen atoms in total. The Balaban J connectivity index is 1.75. The van der Waals surface area contributed by atoms with Crippen LogP contribution in [-0.2, 0) is 4.79 Å². The van der Waals surface area contributed by atoms with Gasteiger partial charge in [0.2, 0.25) is 5.91 Å². The number of fused-ring (bicyclic) bond motifs is 2. The lowest BCUT2D eigenvalue weighted by Crippen LogP contribution is -2.37. The summed E-state index contributed by atoms with van der Waals surface area (Å²) in [5, 5.41) is 3.13. The first kappa shape index (κ1) is 11.9. The third-order valence-corrected chi connectivity index (χ3v) is 4.72. The average Bonchev–Trinajstić information content (AvgIpc) is 2.78. The topological polar surface area (TPSA) is 29.1 Å². The molecule has 2 aliphatic rings. The van der Waals surface area contributed by atoms with Crippen molar-refractivity contribution in [2.45, 2.75) is 58.9 Å². The van der Waals surface area contributed by atoms with Gasteiger partial charge in [0.05, 0.1) is 0 Å². The maximum absolute atomic E-state index is 11.9. The van der Waals surface area contributed by atoms with Gasteiger partial charge in [-0.15, -0.1) is 0 Å². The van der Waals surface area contributed by atoms with Gasteiger partial charge in [-0.3, -0.25) is 4.79 Å². The highest BCUT2D eigenvalue weighted by Crippen LogP contribution is 2.49. The number of carbonyl (C=O) groups excluding carboxylic acids is 1. The number of hydrogen-bond donors (Lipinski definition) is 1. The molecule has 2 saturated carbocycles. The second-order valence-corrected chi connectivity index (χ2v) is 6.24. The first-order valence-corrected chi connectivity index (χ1v) is 6.85. The number of carbonyl (C=O) groups is 1. The zero-order chi connectivity index (χ0) is 11.7. The predicted molar refractivity (Wildman–Crippen MR) is 66.0 cm³/mol. The molecule has 2 rings (SSSR count). The Morgan fingerprint density at radius 1 is 1.25 bits per heavy atom. The van der Waals surface area contributed by atoms with E-state index in [1.54, 1.807) is 0 Å². The predicted octanol–water partition coefficient (Wildman–Crippen LogP) is 2.97. The molecule has 0 saturated heterocycles. The standard InChI is InChI=1S/C14H25NO/c1-9(2)10(3)15-14(16)8-13-7-11-4-5-12(13)6-11/h9-13H,4-8H2,1-3H3,(H,15,16). The second kappa shape index (κ2) is 4.77. The number of rotatable bonds is 4. The molecular formula is C14H25NO. The van der Waals surface area contributed by atoms with Crippen LogP contribution in [0.5, 0.6) is 0 Å². The van der Waals surface area contributed by atoms with E-state index < -0.39 is 0 Å². The average molecular weight is 223 g/mol. The molecule has 0 aromatic heterocycles. The van der Waals surface area contributed by atoms with Crippen LogP contribution in [0.3, 0.4) is 0 Å². The molecule has 0 radical (unpaired) electrons. The Bertz CT molecular complexity index is 261. The summed E-state index contributed by atoms with van der Waals surface area (Å²) in [6, 6.07) is 0.311. The molecule has 1 amide bonds. The molecule has 2 bridgehead atoms. The van der Waals surface area contributed by atoms with Crippen LogP contribution in [0.2, 0.25) is 0 Å². The molecule has 0 aromatic rings. The second-order valence-electron chi connectivity index (χ2n) is 6.24. The molecule has 2 heteroatoms. The van der Waals surface area contributed by atoms with E-state index in [4.69, 9.17) is 0 Å². The molecule has 1 N–H and O–H groups in total. The minimum absolute atomic E-state index is 0.277. The van der Waals surface area contributed by atoms with E-state index in [2.05, 4.69) is 26.1 Å². The van der Waals surface area contributed by atoms with Crippen LogP contribution in [0.15, 0.2) is 0 Å². The molecule has 16 heavy (non-hydrogen) atoms. The Morgan fingerprint density at radius 2 is 2.00 bits per heavy atom. The van der Waals surface area contributed by atoms with E-state index in [0.29, 0.717) is 17.9 Å². The quantitative estimate of drug-likeness (QED) is 0.780. The highest BCUT2D eigenvalue weighted by atomic mass is 16.1. The van der Waals surface area contributed by atoms with E-state index in [0.717, 1.165) is 18.3 Å². The van der Waals surface area contributed by atoms with E-state index in [1.807, 2.05) is 0 Å². The van der Waals surface area contributed by atoms with Crippen molar-refractivity contribution in [1.82, 2.24) is 5.32 Å². The number of hydrogen-bond acceptors (Lipinski definition) is 1. The highest BCUT2D eigenvalue weighted by Gasteiger charge is 2.40. The van der Waals surface area contributed by atoms with Crippen LogP contribution in [-0.4, -0.2) is 11.9 Å². The molecular weight excluding hydrogens is 198 g/mol.